The molecule has 1 aromatic heterocycles. The SMILES string of the molecule is CCCCc1ccc(C(=O)Nc2ccc(-c3cc4c(o3)CCN(C(=O)COC)C4)cc2)cc1. The largest absolute Gasteiger partial charge is 0.461 e. The number of anilines is 1. The Morgan fingerprint density at radius 2 is 1.85 bits per heavy atom. The Labute approximate surface area is 194 Å². The fourth-order valence-electron chi connectivity index (χ4n) is 4.03. The van der Waals surface area contributed by atoms with E-state index in [1.165, 1.54) is 12.7 Å². The number of aryl methyl sites for hydroxylation is 1. The van der Waals surface area contributed by atoms with E-state index in [1.54, 1.807) is 4.90 Å². The van der Waals surface area contributed by atoms with Crippen LogP contribution in [-0.4, -0.2) is 37.0 Å². The molecule has 0 unspecified atom stereocenters. The van der Waals surface area contributed by atoms with Gasteiger partial charge in [-0.3, -0.25) is 9.59 Å². The third-order valence-electron chi connectivity index (χ3n) is 5.95. The number of methoxy groups -OCH3 is 1. The van der Waals surface area contributed by atoms with Crippen LogP contribution in [0, 0.1) is 0 Å². The van der Waals surface area contributed by atoms with E-state index >= 15 is 0 Å². The lowest BCUT2D eigenvalue weighted by molar-refractivity contribution is -0.136. The molecule has 4 rings (SSSR count). The minimum absolute atomic E-state index is 0.0124. The molecule has 2 heterocycles. The smallest absolute Gasteiger partial charge is 0.255 e. The van der Waals surface area contributed by atoms with Crippen LogP contribution in [0.2, 0.25) is 0 Å². The van der Waals surface area contributed by atoms with Gasteiger partial charge in [0.2, 0.25) is 5.91 Å². The van der Waals surface area contributed by atoms with Gasteiger partial charge in [-0.2, -0.15) is 0 Å². The van der Waals surface area contributed by atoms with Crippen molar-refractivity contribution in [2.24, 2.45) is 0 Å². The average Bonchev–Trinajstić information content (AvgIpc) is 3.27. The van der Waals surface area contributed by atoms with Crippen LogP contribution in [0.1, 0.15) is 47.0 Å². The van der Waals surface area contributed by atoms with Crippen LogP contribution in [-0.2, 0) is 28.9 Å². The number of nitrogens with one attached hydrogen (secondary N) is 1. The van der Waals surface area contributed by atoms with Crippen LogP contribution in [0.3, 0.4) is 0 Å². The first kappa shape index (κ1) is 22.8. The second-order valence-electron chi connectivity index (χ2n) is 8.39. The highest BCUT2D eigenvalue weighted by Gasteiger charge is 2.24. The van der Waals surface area contributed by atoms with Gasteiger partial charge >= 0.3 is 0 Å². The first-order valence-corrected chi connectivity index (χ1v) is 11.5. The first-order valence-electron chi connectivity index (χ1n) is 11.5. The van der Waals surface area contributed by atoms with Crippen molar-refractivity contribution in [2.45, 2.75) is 39.2 Å². The van der Waals surface area contributed by atoms with Gasteiger partial charge in [0.05, 0.1) is 0 Å². The monoisotopic (exact) mass is 446 g/mol. The summed E-state index contributed by atoms with van der Waals surface area (Å²) in [4.78, 5) is 26.5. The molecule has 0 fully saturated rings. The number of ether oxygens (including phenoxy) is 1. The zero-order valence-corrected chi connectivity index (χ0v) is 19.2. The third kappa shape index (κ3) is 5.52. The Morgan fingerprint density at radius 1 is 1.09 bits per heavy atom. The average molecular weight is 447 g/mol. The first-order chi connectivity index (χ1) is 16.1. The van der Waals surface area contributed by atoms with Crippen LogP contribution in [0.5, 0.6) is 0 Å². The van der Waals surface area contributed by atoms with E-state index in [4.69, 9.17) is 9.15 Å². The zero-order valence-electron chi connectivity index (χ0n) is 19.2. The van der Waals surface area contributed by atoms with Crippen LogP contribution in [0.4, 0.5) is 5.69 Å². The summed E-state index contributed by atoms with van der Waals surface area (Å²) >= 11 is 0. The molecule has 0 saturated heterocycles. The van der Waals surface area contributed by atoms with Gasteiger partial charge in [0.15, 0.2) is 0 Å². The maximum atomic E-state index is 12.6. The predicted molar refractivity (Wildman–Crippen MR) is 128 cm³/mol. The quantitative estimate of drug-likeness (QED) is 0.524. The number of hydrogen-bond acceptors (Lipinski definition) is 4. The van der Waals surface area contributed by atoms with E-state index in [1.807, 2.05) is 54.6 Å². The predicted octanol–water partition coefficient (Wildman–Crippen LogP) is 5.07. The molecule has 2 aromatic carbocycles. The fourth-order valence-corrected chi connectivity index (χ4v) is 4.03. The molecule has 6 nitrogen and oxygen atoms in total. The summed E-state index contributed by atoms with van der Waals surface area (Å²) in [5, 5.41) is 2.95. The van der Waals surface area contributed by atoms with Gasteiger partial charge in [0, 0.05) is 49.0 Å². The molecule has 2 amide bonds. The number of nitrogens with zero attached hydrogens (tertiary/aromatic N) is 1. The Hall–Kier alpha value is -3.38. The van der Waals surface area contributed by atoms with Crippen molar-refractivity contribution in [1.82, 2.24) is 4.90 Å². The summed E-state index contributed by atoms with van der Waals surface area (Å²) in [6.07, 6.45) is 4.04. The van der Waals surface area contributed by atoms with Gasteiger partial charge in [0.1, 0.15) is 18.1 Å². The topological polar surface area (TPSA) is 71.8 Å². The van der Waals surface area contributed by atoms with E-state index in [-0.39, 0.29) is 18.4 Å². The summed E-state index contributed by atoms with van der Waals surface area (Å²) < 4.78 is 11.0. The van der Waals surface area contributed by atoms with Gasteiger partial charge in [-0.25, -0.2) is 0 Å². The molecule has 0 bridgehead atoms. The molecular formula is C27H30N2O4. The molecule has 0 atom stereocenters. The van der Waals surface area contributed by atoms with Crippen LogP contribution in [0.25, 0.3) is 11.3 Å². The van der Waals surface area contributed by atoms with E-state index in [2.05, 4.69) is 12.2 Å². The van der Waals surface area contributed by atoms with E-state index < -0.39 is 0 Å². The molecule has 0 aliphatic carbocycles. The minimum Gasteiger partial charge on any atom is -0.461 e. The summed E-state index contributed by atoms with van der Waals surface area (Å²) in [5.41, 5.74) is 4.58. The summed E-state index contributed by atoms with van der Waals surface area (Å²) in [7, 11) is 1.53. The highest BCUT2D eigenvalue weighted by atomic mass is 16.5. The van der Waals surface area contributed by atoms with Gasteiger partial charge in [-0.15, -0.1) is 0 Å². The molecule has 1 aliphatic heterocycles. The molecule has 1 aliphatic rings. The second-order valence-corrected chi connectivity index (χ2v) is 8.39. The molecule has 0 radical (unpaired) electrons. The summed E-state index contributed by atoms with van der Waals surface area (Å²) in [6.45, 7) is 3.43. The Morgan fingerprint density at radius 3 is 2.55 bits per heavy atom. The van der Waals surface area contributed by atoms with Crippen molar-refractivity contribution in [3.63, 3.8) is 0 Å². The number of fused-ring (bicyclic) bond motifs is 1. The second kappa shape index (κ2) is 10.5. The number of benzene rings is 2. The molecular weight excluding hydrogens is 416 g/mol. The lowest BCUT2D eigenvalue weighted by Gasteiger charge is -2.25. The molecule has 0 spiro atoms. The standard InChI is InChI=1S/C27H30N2O4/c1-3-4-5-19-6-8-21(9-7-19)27(31)28-23-12-10-20(11-13-23)25-16-22-17-29(26(30)18-32-2)15-14-24(22)33-25/h6-13,16H,3-5,14-15,17-18H2,1-2H3,(H,28,31). The van der Waals surface area contributed by atoms with Gasteiger partial charge in [-0.05, 0) is 60.9 Å². The maximum absolute atomic E-state index is 12.6. The number of amides is 2. The van der Waals surface area contributed by atoms with Crippen LogP contribution < -0.4 is 5.32 Å². The number of carbonyl (C=O) groups excluding carboxylic acids is 2. The summed E-state index contributed by atoms with van der Waals surface area (Å²) in [5.74, 6) is 1.55. The molecule has 33 heavy (non-hydrogen) atoms. The Bertz CT molecular complexity index is 1100. The van der Waals surface area contributed by atoms with Gasteiger partial charge in [-0.1, -0.05) is 25.5 Å². The normalized spacial score (nSPS) is 13.0. The number of hydrogen-bond donors (Lipinski definition) is 1. The van der Waals surface area contributed by atoms with Crippen molar-refractivity contribution in [3.8, 4) is 11.3 Å². The van der Waals surface area contributed by atoms with Crippen molar-refractivity contribution in [1.29, 1.82) is 0 Å². The van der Waals surface area contributed by atoms with Crippen molar-refractivity contribution in [3.05, 3.63) is 77.0 Å². The van der Waals surface area contributed by atoms with E-state index in [9.17, 15) is 9.59 Å². The number of carbonyl (C=O) groups is 2. The molecule has 172 valence electrons. The highest BCUT2D eigenvalue weighted by molar-refractivity contribution is 6.04. The van der Waals surface area contributed by atoms with Crippen LogP contribution in [0.15, 0.2) is 59.0 Å². The third-order valence-corrected chi connectivity index (χ3v) is 5.95. The van der Waals surface area contributed by atoms with E-state index in [0.717, 1.165) is 47.6 Å². The molecule has 6 heteroatoms. The number of furan rings is 1. The Balaban J connectivity index is 1.39. The fraction of sp³-hybridized carbons (Fsp3) is 0.333. The van der Waals surface area contributed by atoms with Gasteiger partial charge in [0.25, 0.3) is 5.91 Å². The lowest BCUT2D eigenvalue weighted by atomic mass is 10.1. The lowest BCUT2D eigenvalue weighted by Crippen LogP contribution is -2.37. The highest BCUT2D eigenvalue weighted by Crippen LogP contribution is 2.30. The maximum Gasteiger partial charge on any atom is 0.255 e. The molecule has 0 saturated carbocycles. The van der Waals surface area contributed by atoms with E-state index in [0.29, 0.717) is 25.1 Å². The summed E-state index contributed by atoms with van der Waals surface area (Å²) in [6, 6.07) is 17.4. The van der Waals surface area contributed by atoms with Crippen molar-refractivity contribution < 1.29 is 18.7 Å². The Kier molecular flexibility index (Phi) is 7.25. The van der Waals surface area contributed by atoms with Crippen molar-refractivity contribution >= 4 is 17.5 Å². The molecule has 1 N–H and O–H groups in total. The van der Waals surface area contributed by atoms with Crippen LogP contribution >= 0.6 is 0 Å². The van der Waals surface area contributed by atoms with Crippen molar-refractivity contribution in [2.75, 3.05) is 25.6 Å². The van der Waals surface area contributed by atoms with Gasteiger partial charge < -0.3 is 19.4 Å². The molecule has 3 aromatic rings. The number of unbranched alkanes of at least 4 members (excludes halogenated alkanes) is 1. The number of rotatable bonds is 8. The zero-order chi connectivity index (χ0) is 23.2. The minimum atomic E-state index is -0.126.